The number of nitrogens with one attached hydrogen (secondary N) is 1. The Morgan fingerprint density at radius 1 is 1.39 bits per heavy atom. The summed E-state index contributed by atoms with van der Waals surface area (Å²) in [4.78, 5) is 11.2. The normalized spacial score (nSPS) is 18.2. The smallest absolute Gasteiger partial charge is 0.307 e. The summed E-state index contributed by atoms with van der Waals surface area (Å²) in [6.45, 7) is 3.02. The highest BCUT2D eigenvalue weighted by molar-refractivity contribution is 5.69. The van der Waals surface area contributed by atoms with Crippen LogP contribution in [0.1, 0.15) is 30.9 Å². The highest BCUT2D eigenvalue weighted by Crippen LogP contribution is 2.20. The predicted molar refractivity (Wildman–Crippen MR) is 71.5 cm³/mol. The Balaban J connectivity index is 1.75. The third kappa shape index (κ3) is 3.57. The molecule has 1 aromatic rings. The number of carbonyl (C=O) groups is 1. The summed E-state index contributed by atoms with van der Waals surface area (Å²) in [5, 5.41) is 3.45. The van der Waals surface area contributed by atoms with Gasteiger partial charge in [0.25, 0.3) is 0 Å². The molecule has 0 aliphatic heterocycles. The molecule has 2 rings (SSSR count). The number of rotatable bonds is 5. The first-order chi connectivity index (χ1) is 8.79. The van der Waals surface area contributed by atoms with E-state index in [1.54, 1.807) is 0 Å². The maximum atomic E-state index is 11.2. The van der Waals surface area contributed by atoms with E-state index in [0.29, 0.717) is 25.6 Å². The molecule has 1 aliphatic carbocycles. The third-order valence-electron chi connectivity index (χ3n) is 3.41. The van der Waals surface area contributed by atoms with Crippen LogP contribution in [0, 0.1) is 0 Å². The number of benzene rings is 1. The summed E-state index contributed by atoms with van der Waals surface area (Å²) in [6, 6.07) is 9.11. The number of ether oxygens (including phenoxy) is 1. The first-order valence-corrected chi connectivity index (χ1v) is 6.75. The van der Waals surface area contributed by atoms with Crippen molar-refractivity contribution in [2.75, 3.05) is 13.2 Å². The van der Waals surface area contributed by atoms with Crippen molar-refractivity contribution in [3.8, 4) is 0 Å². The summed E-state index contributed by atoms with van der Waals surface area (Å²) in [6.07, 6.45) is 3.82. The van der Waals surface area contributed by atoms with Crippen LogP contribution in [0.3, 0.4) is 0 Å². The zero-order chi connectivity index (χ0) is 12.8. The molecule has 3 nitrogen and oxygen atoms in total. The summed E-state index contributed by atoms with van der Waals surface area (Å²) in [5.74, 6) is -0.110. The third-order valence-corrected chi connectivity index (χ3v) is 3.41. The van der Waals surface area contributed by atoms with Crippen molar-refractivity contribution in [1.29, 1.82) is 0 Å². The molecule has 0 radical (unpaired) electrons. The highest BCUT2D eigenvalue weighted by atomic mass is 16.5. The first kappa shape index (κ1) is 13.1. The maximum Gasteiger partial charge on any atom is 0.307 e. The minimum Gasteiger partial charge on any atom is -0.466 e. The van der Waals surface area contributed by atoms with E-state index >= 15 is 0 Å². The van der Waals surface area contributed by atoms with Gasteiger partial charge in [-0.2, -0.15) is 0 Å². The summed E-state index contributed by atoms with van der Waals surface area (Å²) in [5.41, 5.74) is 2.92. The standard InChI is InChI=1S/C15H21NO2/c1-2-18-15(17)9-10-16-14-8-7-12-5-3-4-6-13(12)11-14/h3-6,14,16H,2,7-11H2,1H3. The van der Waals surface area contributed by atoms with E-state index < -0.39 is 0 Å². The fourth-order valence-electron chi connectivity index (χ4n) is 2.48. The molecule has 0 fully saturated rings. The van der Waals surface area contributed by atoms with Crippen molar-refractivity contribution in [3.05, 3.63) is 35.4 Å². The zero-order valence-electron chi connectivity index (χ0n) is 10.9. The van der Waals surface area contributed by atoms with Crippen molar-refractivity contribution in [3.63, 3.8) is 0 Å². The molecule has 1 aromatic carbocycles. The lowest BCUT2D eigenvalue weighted by molar-refractivity contribution is -0.143. The molecule has 0 aromatic heterocycles. The highest BCUT2D eigenvalue weighted by Gasteiger charge is 2.17. The van der Waals surface area contributed by atoms with E-state index in [-0.39, 0.29) is 5.97 Å². The average molecular weight is 247 g/mol. The van der Waals surface area contributed by atoms with Gasteiger partial charge >= 0.3 is 5.97 Å². The summed E-state index contributed by atoms with van der Waals surface area (Å²) >= 11 is 0. The van der Waals surface area contributed by atoms with Crippen molar-refractivity contribution < 1.29 is 9.53 Å². The van der Waals surface area contributed by atoms with E-state index in [4.69, 9.17) is 4.74 Å². The Morgan fingerprint density at radius 3 is 2.94 bits per heavy atom. The molecule has 1 unspecified atom stereocenters. The predicted octanol–water partition coefficient (Wildman–Crippen LogP) is 2.09. The van der Waals surface area contributed by atoms with Gasteiger partial charge in [-0.1, -0.05) is 24.3 Å². The number of aryl methyl sites for hydroxylation is 1. The van der Waals surface area contributed by atoms with Crippen LogP contribution in [0.25, 0.3) is 0 Å². The minimum absolute atomic E-state index is 0.110. The van der Waals surface area contributed by atoms with Crippen LogP contribution in [-0.4, -0.2) is 25.2 Å². The van der Waals surface area contributed by atoms with Crippen molar-refractivity contribution in [2.45, 2.75) is 38.6 Å². The molecule has 0 bridgehead atoms. The van der Waals surface area contributed by atoms with E-state index in [1.165, 1.54) is 11.1 Å². The van der Waals surface area contributed by atoms with Gasteiger partial charge in [-0.25, -0.2) is 0 Å². The molecule has 0 spiro atoms. The van der Waals surface area contributed by atoms with Crippen molar-refractivity contribution in [1.82, 2.24) is 5.32 Å². The molecule has 1 atom stereocenters. The van der Waals surface area contributed by atoms with Crippen molar-refractivity contribution in [2.24, 2.45) is 0 Å². The summed E-state index contributed by atoms with van der Waals surface area (Å²) < 4.78 is 4.91. The fraction of sp³-hybridized carbons (Fsp3) is 0.533. The fourth-order valence-corrected chi connectivity index (χ4v) is 2.48. The topological polar surface area (TPSA) is 38.3 Å². The number of hydrogen-bond acceptors (Lipinski definition) is 3. The van der Waals surface area contributed by atoms with Crippen LogP contribution in [0.4, 0.5) is 0 Å². The molecular formula is C15H21NO2. The quantitative estimate of drug-likeness (QED) is 0.810. The van der Waals surface area contributed by atoms with Crippen LogP contribution in [-0.2, 0) is 22.4 Å². The molecule has 0 heterocycles. The average Bonchev–Trinajstić information content (AvgIpc) is 2.39. The van der Waals surface area contributed by atoms with E-state index in [1.807, 2.05) is 6.92 Å². The van der Waals surface area contributed by atoms with Crippen LogP contribution in [0.15, 0.2) is 24.3 Å². The molecule has 3 heteroatoms. The molecule has 98 valence electrons. The molecule has 1 N–H and O–H groups in total. The number of fused-ring (bicyclic) bond motifs is 1. The van der Waals surface area contributed by atoms with Crippen LogP contribution < -0.4 is 5.32 Å². The Bertz CT molecular complexity index is 403. The number of carbonyl (C=O) groups excluding carboxylic acids is 1. The molecule has 1 aliphatic rings. The van der Waals surface area contributed by atoms with Gasteiger partial charge in [0.05, 0.1) is 13.0 Å². The number of hydrogen-bond donors (Lipinski definition) is 1. The Kier molecular flexibility index (Phi) is 4.76. The van der Waals surface area contributed by atoms with E-state index in [2.05, 4.69) is 29.6 Å². The van der Waals surface area contributed by atoms with Gasteiger partial charge in [-0.05, 0) is 37.3 Å². The van der Waals surface area contributed by atoms with Gasteiger partial charge in [0.2, 0.25) is 0 Å². The van der Waals surface area contributed by atoms with Gasteiger partial charge in [0.1, 0.15) is 0 Å². The Morgan fingerprint density at radius 2 is 2.17 bits per heavy atom. The van der Waals surface area contributed by atoms with Gasteiger partial charge in [-0.15, -0.1) is 0 Å². The van der Waals surface area contributed by atoms with E-state index in [9.17, 15) is 4.79 Å². The monoisotopic (exact) mass is 247 g/mol. The van der Waals surface area contributed by atoms with Gasteiger partial charge in [0.15, 0.2) is 0 Å². The summed E-state index contributed by atoms with van der Waals surface area (Å²) in [7, 11) is 0. The Labute approximate surface area is 109 Å². The lowest BCUT2D eigenvalue weighted by Crippen LogP contribution is -2.36. The Hall–Kier alpha value is -1.35. The lowest BCUT2D eigenvalue weighted by Gasteiger charge is -2.25. The van der Waals surface area contributed by atoms with Gasteiger partial charge in [0, 0.05) is 12.6 Å². The van der Waals surface area contributed by atoms with Crippen molar-refractivity contribution >= 4 is 5.97 Å². The minimum atomic E-state index is -0.110. The zero-order valence-corrected chi connectivity index (χ0v) is 10.9. The number of esters is 1. The van der Waals surface area contributed by atoms with Gasteiger partial charge < -0.3 is 10.1 Å². The second-order valence-corrected chi connectivity index (χ2v) is 4.72. The van der Waals surface area contributed by atoms with E-state index in [0.717, 1.165) is 19.3 Å². The maximum absolute atomic E-state index is 11.2. The largest absolute Gasteiger partial charge is 0.466 e. The van der Waals surface area contributed by atoms with Crippen LogP contribution in [0.5, 0.6) is 0 Å². The molecule has 18 heavy (non-hydrogen) atoms. The molecular weight excluding hydrogens is 226 g/mol. The molecule has 0 saturated heterocycles. The lowest BCUT2D eigenvalue weighted by atomic mass is 9.88. The van der Waals surface area contributed by atoms with Gasteiger partial charge in [-0.3, -0.25) is 4.79 Å². The second-order valence-electron chi connectivity index (χ2n) is 4.72. The van der Waals surface area contributed by atoms with Crippen LogP contribution >= 0.6 is 0 Å². The molecule has 0 saturated carbocycles. The SMILES string of the molecule is CCOC(=O)CCNC1CCc2ccccc2C1. The molecule has 0 amide bonds. The second kappa shape index (κ2) is 6.55. The first-order valence-electron chi connectivity index (χ1n) is 6.75. The van der Waals surface area contributed by atoms with Crippen LogP contribution in [0.2, 0.25) is 0 Å².